The third-order valence-electron chi connectivity index (χ3n) is 3.01. The van der Waals surface area contributed by atoms with E-state index in [1.807, 2.05) is 13.8 Å². The van der Waals surface area contributed by atoms with Gasteiger partial charge in [-0.1, -0.05) is 33.1 Å². The van der Waals surface area contributed by atoms with Gasteiger partial charge in [0, 0.05) is 0 Å². The van der Waals surface area contributed by atoms with Crippen LogP contribution in [0.4, 0.5) is 0 Å². The Balaban J connectivity index is 4.57. The molecule has 0 aromatic heterocycles. The summed E-state index contributed by atoms with van der Waals surface area (Å²) in [6.07, 6.45) is 2.87. The molecule has 0 radical (unpaired) electrons. The molecule has 0 aliphatic carbocycles. The smallest absolute Gasteiger partial charge is 0.327 e. The zero-order chi connectivity index (χ0) is 15.8. The largest absolute Gasteiger partial charge is 0.464 e. The Bertz CT molecular complexity index is 420. The average molecular weight is 309 g/mol. The lowest BCUT2D eigenvalue weighted by molar-refractivity contribution is -0.145. The first-order chi connectivity index (χ1) is 9.22. The van der Waals surface area contributed by atoms with Gasteiger partial charge in [-0.3, -0.25) is 14.1 Å². The molecular formula is C12H23NO6S. The Labute approximate surface area is 119 Å². The molecule has 0 aromatic carbocycles. The third kappa shape index (κ3) is 7.44. The quantitative estimate of drug-likeness (QED) is 0.456. The second-order valence-electron chi connectivity index (χ2n) is 4.72. The summed E-state index contributed by atoms with van der Waals surface area (Å²) in [6.45, 7) is 4.05. The number of nitrogens with two attached hydrogens (primary N) is 1. The first kappa shape index (κ1) is 18.9. The van der Waals surface area contributed by atoms with Crippen molar-refractivity contribution in [1.82, 2.24) is 0 Å². The second-order valence-corrected chi connectivity index (χ2v) is 6.32. The summed E-state index contributed by atoms with van der Waals surface area (Å²) in [5.41, 5.74) is 4.85. The monoisotopic (exact) mass is 309 g/mol. The standard InChI is InChI=1S/C12H23NO6S/c1-3-5-6-9(4-2)8-19-12(15)10(7-11(13)14)20(16,17)18/h9-10H,3-8H2,1-2H3,(H2,13,14)(H,16,17,18). The van der Waals surface area contributed by atoms with Crippen molar-refractivity contribution in [2.75, 3.05) is 6.61 Å². The molecule has 2 atom stereocenters. The summed E-state index contributed by atoms with van der Waals surface area (Å²) in [5.74, 6) is -2.00. The van der Waals surface area contributed by atoms with Crippen LogP contribution >= 0.6 is 0 Å². The number of unbranched alkanes of at least 4 members (excludes halogenated alkanes) is 1. The Morgan fingerprint density at radius 3 is 2.30 bits per heavy atom. The maximum atomic E-state index is 11.7. The molecule has 0 aromatic rings. The second kappa shape index (κ2) is 8.91. The number of ether oxygens (including phenoxy) is 1. The maximum Gasteiger partial charge on any atom is 0.327 e. The van der Waals surface area contributed by atoms with E-state index in [2.05, 4.69) is 0 Å². The number of rotatable bonds is 10. The van der Waals surface area contributed by atoms with Gasteiger partial charge in [0.1, 0.15) is 0 Å². The summed E-state index contributed by atoms with van der Waals surface area (Å²) in [5, 5.41) is -1.94. The lowest BCUT2D eigenvalue weighted by Crippen LogP contribution is -2.36. The summed E-state index contributed by atoms with van der Waals surface area (Å²) in [4.78, 5) is 22.4. The van der Waals surface area contributed by atoms with Crippen LogP contribution in [0.2, 0.25) is 0 Å². The molecule has 7 nitrogen and oxygen atoms in total. The molecule has 0 spiro atoms. The van der Waals surface area contributed by atoms with Crippen molar-refractivity contribution in [1.29, 1.82) is 0 Å². The number of carbonyl (C=O) groups excluding carboxylic acids is 2. The van der Waals surface area contributed by atoms with Crippen LogP contribution in [0, 0.1) is 5.92 Å². The Morgan fingerprint density at radius 1 is 1.30 bits per heavy atom. The van der Waals surface area contributed by atoms with E-state index in [9.17, 15) is 18.0 Å². The SMILES string of the molecule is CCCCC(CC)COC(=O)C(CC(N)=O)S(=O)(=O)O. The number of primary amides is 1. The van der Waals surface area contributed by atoms with E-state index in [0.717, 1.165) is 25.7 Å². The minimum atomic E-state index is -4.71. The van der Waals surface area contributed by atoms with E-state index in [0.29, 0.717) is 0 Å². The zero-order valence-electron chi connectivity index (χ0n) is 11.9. The molecular weight excluding hydrogens is 286 g/mol. The molecule has 0 heterocycles. The van der Waals surface area contributed by atoms with Crippen molar-refractivity contribution < 1.29 is 27.3 Å². The van der Waals surface area contributed by atoms with Crippen LogP contribution in [0.1, 0.15) is 46.0 Å². The Morgan fingerprint density at radius 2 is 1.90 bits per heavy atom. The topological polar surface area (TPSA) is 124 Å². The molecule has 0 fully saturated rings. The highest BCUT2D eigenvalue weighted by Crippen LogP contribution is 2.14. The Kier molecular flexibility index (Phi) is 8.40. The van der Waals surface area contributed by atoms with Crippen molar-refractivity contribution in [3.8, 4) is 0 Å². The summed E-state index contributed by atoms with van der Waals surface area (Å²) in [6, 6.07) is 0. The Hall–Kier alpha value is -1.15. The number of carbonyl (C=O) groups is 2. The molecule has 0 aliphatic heterocycles. The number of amides is 1. The van der Waals surface area contributed by atoms with E-state index >= 15 is 0 Å². The van der Waals surface area contributed by atoms with Crippen molar-refractivity contribution in [2.45, 2.75) is 51.2 Å². The summed E-state index contributed by atoms with van der Waals surface area (Å²) < 4.78 is 35.9. The minimum Gasteiger partial charge on any atom is -0.464 e. The highest BCUT2D eigenvalue weighted by atomic mass is 32.2. The summed E-state index contributed by atoms with van der Waals surface area (Å²) >= 11 is 0. The van der Waals surface area contributed by atoms with Gasteiger partial charge >= 0.3 is 5.97 Å². The van der Waals surface area contributed by atoms with Crippen LogP contribution in [-0.4, -0.2) is 36.7 Å². The third-order valence-corrected chi connectivity index (χ3v) is 4.09. The molecule has 2 unspecified atom stereocenters. The predicted octanol–water partition coefficient (Wildman–Crippen LogP) is 0.878. The molecule has 0 saturated carbocycles. The van der Waals surface area contributed by atoms with Gasteiger partial charge in [-0.05, 0) is 12.3 Å². The molecule has 20 heavy (non-hydrogen) atoms. The maximum absolute atomic E-state index is 11.7. The molecule has 118 valence electrons. The van der Waals surface area contributed by atoms with Gasteiger partial charge in [0.25, 0.3) is 10.1 Å². The first-order valence-corrected chi connectivity index (χ1v) is 8.13. The van der Waals surface area contributed by atoms with Crippen molar-refractivity contribution in [2.24, 2.45) is 11.7 Å². The van der Waals surface area contributed by atoms with E-state index in [4.69, 9.17) is 15.0 Å². The van der Waals surface area contributed by atoms with Crippen LogP contribution < -0.4 is 5.73 Å². The zero-order valence-corrected chi connectivity index (χ0v) is 12.7. The van der Waals surface area contributed by atoms with Gasteiger partial charge in [-0.25, -0.2) is 0 Å². The van der Waals surface area contributed by atoms with Crippen LogP contribution in [0.5, 0.6) is 0 Å². The number of hydrogen-bond acceptors (Lipinski definition) is 5. The lowest BCUT2D eigenvalue weighted by atomic mass is 10.0. The van der Waals surface area contributed by atoms with Crippen molar-refractivity contribution in [3.63, 3.8) is 0 Å². The lowest BCUT2D eigenvalue weighted by Gasteiger charge is -2.17. The molecule has 8 heteroatoms. The van der Waals surface area contributed by atoms with Crippen molar-refractivity contribution in [3.05, 3.63) is 0 Å². The molecule has 3 N–H and O–H groups in total. The fourth-order valence-corrected chi connectivity index (χ4v) is 2.37. The minimum absolute atomic E-state index is 0.0696. The number of hydrogen-bond donors (Lipinski definition) is 2. The van der Waals surface area contributed by atoms with Crippen LogP contribution in [0.15, 0.2) is 0 Å². The average Bonchev–Trinajstić information content (AvgIpc) is 2.34. The van der Waals surface area contributed by atoms with E-state index in [-0.39, 0.29) is 12.5 Å². The fourth-order valence-electron chi connectivity index (χ4n) is 1.68. The molecule has 0 rings (SSSR count). The molecule has 1 amide bonds. The van der Waals surface area contributed by atoms with Gasteiger partial charge in [-0.15, -0.1) is 0 Å². The predicted molar refractivity (Wildman–Crippen MR) is 73.4 cm³/mol. The van der Waals surface area contributed by atoms with Gasteiger partial charge in [0.2, 0.25) is 5.91 Å². The van der Waals surface area contributed by atoms with Crippen molar-refractivity contribution >= 4 is 22.0 Å². The molecule has 0 bridgehead atoms. The molecule has 0 aliphatic rings. The van der Waals surface area contributed by atoms with Gasteiger partial charge in [0.15, 0.2) is 5.25 Å². The summed E-state index contributed by atoms with van der Waals surface area (Å²) in [7, 11) is -4.71. The highest BCUT2D eigenvalue weighted by Gasteiger charge is 2.34. The number of esters is 1. The van der Waals surface area contributed by atoms with E-state index in [1.165, 1.54) is 0 Å². The van der Waals surface area contributed by atoms with Gasteiger partial charge in [0.05, 0.1) is 13.0 Å². The highest BCUT2D eigenvalue weighted by molar-refractivity contribution is 7.87. The van der Waals surface area contributed by atoms with E-state index < -0.39 is 33.7 Å². The van der Waals surface area contributed by atoms with E-state index in [1.54, 1.807) is 0 Å². The normalized spacial score (nSPS) is 14.6. The van der Waals surface area contributed by atoms with Gasteiger partial charge < -0.3 is 10.5 Å². The first-order valence-electron chi connectivity index (χ1n) is 6.63. The van der Waals surface area contributed by atoms with Crippen LogP contribution in [0.3, 0.4) is 0 Å². The fraction of sp³-hybridized carbons (Fsp3) is 0.833. The van der Waals surface area contributed by atoms with Crippen LogP contribution in [-0.2, 0) is 24.4 Å². The van der Waals surface area contributed by atoms with Gasteiger partial charge in [-0.2, -0.15) is 8.42 Å². The molecule has 0 saturated heterocycles. The van der Waals surface area contributed by atoms with Crippen LogP contribution in [0.25, 0.3) is 0 Å².